The summed E-state index contributed by atoms with van der Waals surface area (Å²) < 4.78 is 10.0. The van der Waals surface area contributed by atoms with Crippen molar-refractivity contribution >= 4 is 64.2 Å². The Bertz CT molecular complexity index is 1210. The predicted molar refractivity (Wildman–Crippen MR) is 136 cm³/mol. The van der Waals surface area contributed by atoms with Gasteiger partial charge in [0, 0.05) is 5.69 Å². The van der Waals surface area contributed by atoms with Gasteiger partial charge in [0.2, 0.25) is 11.8 Å². The number of anilines is 2. The van der Waals surface area contributed by atoms with E-state index in [-0.39, 0.29) is 29.7 Å². The number of amides is 3. The van der Waals surface area contributed by atoms with E-state index in [0.717, 1.165) is 4.90 Å². The molecule has 37 heavy (non-hydrogen) atoms. The molecule has 0 unspecified atom stereocenters. The number of rotatable bonds is 7. The van der Waals surface area contributed by atoms with Gasteiger partial charge in [-0.2, -0.15) is 0 Å². The summed E-state index contributed by atoms with van der Waals surface area (Å²) in [5.74, 6) is -3.70. The molecule has 0 spiro atoms. The van der Waals surface area contributed by atoms with Crippen LogP contribution in [0.2, 0.25) is 0 Å². The second kappa shape index (κ2) is 11.3. The maximum atomic E-state index is 13.0. The summed E-state index contributed by atoms with van der Waals surface area (Å²) in [6, 6.07) is 12.0. The number of benzene rings is 2. The molecule has 1 N–H and O–H groups in total. The van der Waals surface area contributed by atoms with Crippen LogP contribution in [0.4, 0.5) is 11.4 Å². The van der Waals surface area contributed by atoms with Crippen LogP contribution >= 0.6 is 23.2 Å². The lowest BCUT2D eigenvalue weighted by molar-refractivity contribution is -0.122. The molecule has 4 atom stereocenters. The number of carbonyl (C=O) groups excluding carboxylic acids is 5. The number of halogens is 2. The van der Waals surface area contributed by atoms with Crippen molar-refractivity contribution in [3.63, 3.8) is 0 Å². The molecule has 11 heteroatoms. The minimum Gasteiger partial charge on any atom is -0.462 e. The molecule has 1 aliphatic carbocycles. The Morgan fingerprint density at radius 3 is 2.08 bits per heavy atom. The van der Waals surface area contributed by atoms with Crippen molar-refractivity contribution in [1.29, 1.82) is 0 Å². The molecular weight excluding hydrogens is 523 g/mol. The first-order valence-electron chi connectivity index (χ1n) is 11.7. The monoisotopic (exact) mass is 546 g/mol. The van der Waals surface area contributed by atoms with Gasteiger partial charge in [0.25, 0.3) is 5.91 Å². The van der Waals surface area contributed by atoms with Crippen LogP contribution in [0.1, 0.15) is 40.5 Å². The zero-order valence-electron chi connectivity index (χ0n) is 19.8. The van der Waals surface area contributed by atoms with Gasteiger partial charge in [-0.25, -0.2) is 9.59 Å². The minimum absolute atomic E-state index is 0.0741. The van der Waals surface area contributed by atoms with Gasteiger partial charge in [-0.15, -0.1) is 23.2 Å². The number of hydrogen-bond acceptors (Lipinski definition) is 7. The molecule has 2 fully saturated rings. The Kier molecular flexibility index (Phi) is 8.14. The van der Waals surface area contributed by atoms with Gasteiger partial charge in [0.05, 0.1) is 46.0 Å². The first-order chi connectivity index (χ1) is 17.7. The quantitative estimate of drug-likeness (QED) is 0.319. The number of nitrogens with one attached hydrogen (secondary N) is 1. The summed E-state index contributed by atoms with van der Waals surface area (Å²) in [5, 5.41) is 1.76. The molecule has 2 aliphatic rings. The van der Waals surface area contributed by atoms with Crippen molar-refractivity contribution in [2.75, 3.05) is 23.4 Å². The maximum absolute atomic E-state index is 13.0. The van der Waals surface area contributed by atoms with Crippen LogP contribution in [0, 0.1) is 11.8 Å². The number of fused-ring (bicyclic) bond motifs is 1. The van der Waals surface area contributed by atoms with E-state index in [1.54, 1.807) is 13.0 Å². The molecule has 0 radical (unpaired) electrons. The lowest BCUT2D eigenvalue weighted by Gasteiger charge is -2.28. The molecule has 2 aromatic carbocycles. The number of imide groups is 1. The highest BCUT2D eigenvalue weighted by Crippen LogP contribution is 2.43. The average Bonchev–Trinajstić information content (AvgIpc) is 3.12. The fourth-order valence-electron chi connectivity index (χ4n) is 4.44. The van der Waals surface area contributed by atoms with Crippen molar-refractivity contribution < 1.29 is 33.4 Å². The highest BCUT2D eigenvalue weighted by atomic mass is 35.5. The second-order valence-electron chi connectivity index (χ2n) is 8.70. The Hall–Kier alpha value is -3.43. The van der Waals surface area contributed by atoms with E-state index < -0.39 is 47.0 Å². The van der Waals surface area contributed by atoms with Gasteiger partial charge in [-0.1, -0.05) is 6.07 Å². The third kappa shape index (κ3) is 5.78. The van der Waals surface area contributed by atoms with Gasteiger partial charge in [0.15, 0.2) is 6.61 Å². The molecule has 4 rings (SSSR count). The molecule has 0 aromatic heterocycles. The van der Waals surface area contributed by atoms with Gasteiger partial charge in [-0.05, 0) is 62.2 Å². The van der Waals surface area contributed by atoms with Crippen LogP contribution in [0.25, 0.3) is 0 Å². The number of esters is 2. The summed E-state index contributed by atoms with van der Waals surface area (Å²) in [5.41, 5.74) is 1.06. The largest absolute Gasteiger partial charge is 0.462 e. The summed E-state index contributed by atoms with van der Waals surface area (Å²) in [6.07, 6.45) is 0.619. The van der Waals surface area contributed by atoms with Crippen molar-refractivity contribution in [1.82, 2.24) is 0 Å². The van der Waals surface area contributed by atoms with E-state index in [1.807, 2.05) is 0 Å². The Morgan fingerprint density at radius 2 is 1.49 bits per heavy atom. The van der Waals surface area contributed by atoms with Crippen molar-refractivity contribution in [3.8, 4) is 0 Å². The predicted octanol–water partition coefficient (Wildman–Crippen LogP) is 3.77. The molecule has 194 valence electrons. The van der Waals surface area contributed by atoms with Gasteiger partial charge >= 0.3 is 11.9 Å². The lowest BCUT2D eigenvalue weighted by Crippen LogP contribution is -2.34. The first kappa shape index (κ1) is 26.6. The molecule has 1 saturated carbocycles. The van der Waals surface area contributed by atoms with Gasteiger partial charge < -0.3 is 14.8 Å². The minimum atomic E-state index is -0.798. The molecule has 0 bridgehead atoms. The van der Waals surface area contributed by atoms with Crippen LogP contribution in [-0.2, 0) is 23.9 Å². The van der Waals surface area contributed by atoms with E-state index >= 15 is 0 Å². The topological polar surface area (TPSA) is 119 Å². The average molecular weight is 547 g/mol. The van der Waals surface area contributed by atoms with E-state index in [9.17, 15) is 24.0 Å². The number of nitrogens with zero attached hydrogens (tertiary/aromatic N) is 1. The summed E-state index contributed by atoms with van der Waals surface area (Å²) in [6.45, 7) is 1.38. The van der Waals surface area contributed by atoms with Crippen LogP contribution in [0.3, 0.4) is 0 Å². The fourth-order valence-corrected chi connectivity index (χ4v) is 5.03. The molecule has 1 aliphatic heterocycles. The summed E-state index contributed by atoms with van der Waals surface area (Å²) >= 11 is 12.4. The zero-order valence-corrected chi connectivity index (χ0v) is 21.3. The molecule has 1 heterocycles. The van der Waals surface area contributed by atoms with E-state index in [4.69, 9.17) is 32.7 Å². The Morgan fingerprint density at radius 1 is 0.892 bits per heavy atom. The molecule has 9 nitrogen and oxygen atoms in total. The Balaban J connectivity index is 1.36. The fraction of sp³-hybridized carbons (Fsp3) is 0.346. The Labute approximate surface area is 223 Å². The smallest absolute Gasteiger partial charge is 0.338 e. The number of ether oxygens (including phenoxy) is 2. The van der Waals surface area contributed by atoms with Crippen LogP contribution in [-0.4, -0.2) is 53.6 Å². The molecular formula is C26H24Cl2N2O7. The van der Waals surface area contributed by atoms with Crippen LogP contribution < -0.4 is 10.2 Å². The zero-order chi connectivity index (χ0) is 26.7. The summed E-state index contributed by atoms with van der Waals surface area (Å²) in [4.78, 5) is 63.5. The van der Waals surface area contributed by atoms with Crippen molar-refractivity contribution in [2.45, 2.75) is 30.5 Å². The van der Waals surface area contributed by atoms with E-state index in [2.05, 4.69) is 5.32 Å². The molecule has 1 saturated heterocycles. The van der Waals surface area contributed by atoms with E-state index in [0.29, 0.717) is 24.1 Å². The van der Waals surface area contributed by atoms with Crippen molar-refractivity contribution in [3.05, 3.63) is 59.7 Å². The maximum Gasteiger partial charge on any atom is 0.338 e. The number of alkyl halides is 2. The highest BCUT2D eigenvalue weighted by Gasteiger charge is 2.52. The van der Waals surface area contributed by atoms with Crippen molar-refractivity contribution in [2.24, 2.45) is 11.8 Å². The SMILES string of the molecule is CCOC(=O)c1ccc(NC(=O)COC(=O)c2cccc(N3C(=O)[C@H]4C[C@@H](Cl)[C@@H](Cl)C[C@H]4C3=O)c2)cc1. The lowest BCUT2D eigenvalue weighted by atomic mass is 9.80. The standard InChI is InChI=1S/C26H24Cl2N2O7/c1-2-36-25(34)14-6-8-16(9-7-14)29-22(31)13-37-26(35)15-4-3-5-17(10-15)30-23(32)18-11-20(27)21(28)12-19(18)24(30)33/h3-10,18-21H,2,11-13H2,1H3,(H,29,31)/t18-,19+,20+,21-. The van der Waals surface area contributed by atoms with E-state index in [1.165, 1.54) is 42.5 Å². The summed E-state index contributed by atoms with van der Waals surface area (Å²) in [7, 11) is 0. The molecule has 2 aromatic rings. The highest BCUT2D eigenvalue weighted by molar-refractivity contribution is 6.31. The first-order valence-corrected chi connectivity index (χ1v) is 12.6. The third-order valence-electron chi connectivity index (χ3n) is 6.27. The van der Waals surface area contributed by atoms with Gasteiger partial charge in [0.1, 0.15) is 0 Å². The van der Waals surface area contributed by atoms with Gasteiger partial charge in [-0.3, -0.25) is 19.3 Å². The van der Waals surface area contributed by atoms with Crippen LogP contribution in [0.15, 0.2) is 48.5 Å². The second-order valence-corrected chi connectivity index (χ2v) is 9.82. The normalized spacial score (nSPS) is 22.8. The van der Waals surface area contributed by atoms with Crippen LogP contribution in [0.5, 0.6) is 0 Å². The number of hydrogen-bond donors (Lipinski definition) is 1. The molecule has 3 amide bonds. The third-order valence-corrected chi connectivity index (χ3v) is 7.36. The number of carbonyl (C=O) groups is 5.